The van der Waals surface area contributed by atoms with Gasteiger partial charge in [-0.15, -0.1) is 0 Å². The molecule has 0 radical (unpaired) electrons. The largest absolute Gasteiger partial charge is 0.497 e. The number of ether oxygens (including phenoxy) is 1. The molecule has 5 heteroatoms. The van der Waals surface area contributed by atoms with E-state index < -0.39 is 0 Å². The van der Waals surface area contributed by atoms with Crippen LogP contribution in [0.15, 0.2) is 85.1 Å². The van der Waals surface area contributed by atoms with E-state index in [9.17, 15) is 4.79 Å². The van der Waals surface area contributed by atoms with Crippen molar-refractivity contribution < 1.29 is 9.53 Å². The van der Waals surface area contributed by atoms with Gasteiger partial charge in [-0.1, -0.05) is 36.4 Å². The normalized spacial score (nSPS) is 11.0. The van der Waals surface area contributed by atoms with E-state index in [0.717, 1.165) is 22.5 Å². The zero-order chi connectivity index (χ0) is 19.3. The number of anilines is 1. The van der Waals surface area contributed by atoms with Gasteiger partial charge >= 0.3 is 0 Å². The van der Waals surface area contributed by atoms with Crippen LogP contribution in [-0.2, 0) is 4.79 Å². The summed E-state index contributed by atoms with van der Waals surface area (Å²) in [5, 5.41) is 2.97. The van der Waals surface area contributed by atoms with Gasteiger partial charge in [0.2, 0.25) is 5.91 Å². The number of methoxy groups -OCH3 is 1. The number of benzene rings is 2. The van der Waals surface area contributed by atoms with Crippen LogP contribution in [-0.4, -0.2) is 22.4 Å². The van der Waals surface area contributed by atoms with Crippen molar-refractivity contribution in [3.8, 4) is 17.0 Å². The third-order valence-electron chi connectivity index (χ3n) is 4.36. The van der Waals surface area contributed by atoms with Crippen molar-refractivity contribution >= 4 is 23.4 Å². The van der Waals surface area contributed by atoms with Crippen LogP contribution in [0.2, 0.25) is 0 Å². The molecule has 0 atom stereocenters. The van der Waals surface area contributed by atoms with E-state index >= 15 is 0 Å². The Labute approximate surface area is 162 Å². The fourth-order valence-electron chi connectivity index (χ4n) is 2.96. The number of fused-ring (bicyclic) bond motifs is 1. The van der Waals surface area contributed by atoms with Crippen LogP contribution in [0.25, 0.3) is 23.0 Å². The molecule has 4 aromatic rings. The standard InChI is InChI=1S/C23H19N3O2/c1-28-19-13-11-18(12-14-19)22-23(26-16-6-5-9-20(26)24-22)25-21(27)15-10-17-7-3-2-4-8-17/h2-16H,1H3,(H,25,27)/b15-10+. The zero-order valence-corrected chi connectivity index (χ0v) is 15.4. The highest BCUT2D eigenvalue weighted by Gasteiger charge is 2.15. The maximum Gasteiger partial charge on any atom is 0.249 e. The first kappa shape index (κ1) is 17.5. The predicted octanol–water partition coefficient (Wildman–Crippen LogP) is 4.66. The molecular formula is C23H19N3O2. The van der Waals surface area contributed by atoms with Gasteiger partial charge in [-0.05, 0) is 48.0 Å². The van der Waals surface area contributed by atoms with Gasteiger partial charge in [0.1, 0.15) is 22.9 Å². The molecule has 0 aliphatic heterocycles. The van der Waals surface area contributed by atoms with Gasteiger partial charge in [-0.3, -0.25) is 9.20 Å². The summed E-state index contributed by atoms with van der Waals surface area (Å²) < 4.78 is 7.10. The van der Waals surface area contributed by atoms with Gasteiger partial charge < -0.3 is 10.1 Å². The minimum atomic E-state index is -0.218. The number of carbonyl (C=O) groups excluding carboxylic acids is 1. The van der Waals surface area contributed by atoms with Crippen molar-refractivity contribution in [1.29, 1.82) is 0 Å². The summed E-state index contributed by atoms with van der Waals surface area (Å²) in [6.45, 7) is 0. The number of imidazole rings is 1. The average molecular weight is 369 g/mol. The maximum atomic E-state index is 12.6. The van der Waals surface area contributed by atoms with Gasteiger partial charge in [0.05, 0.1) is 7.11 Å². The van der Waals surface area contributed by atoms with Crippen molar-refractivity contribution in [1.82, 2.24) is 9.38 Å². The Balaban J connectivity index is 1.68. The van der Waals surface area contributed by atoms with Gasteiger partial charge in [-0.25, -0.2) is 4.98 Å². The van der Waals surface area contributed by atoms with E-state index in [1.54, 1.807) is 13.2 Å². The molecule has 0 aliphatic carbocycles. The molecule has 2 aromatic carbocycles. The quantitative estimate of drug-likeness (QED) is 0.521. The molecule has 2 heterocycles. The number of pyridine rings is 1. The molecule has 4 rings (SSSR count). The lowest BCUT2D eigenvalue weighted by atomic mass is 10.1. The van der Waals surface area contributed by atoms with E-state index in [4.69, 9.17) is 9.72 Å². The summed E-state index contributed by atoms with van der Waals surface area (Å²) in [7, 11) is 1.63. The molecule has 5 nitrogen and oxygen atoms in total. The first-order valence-electron chi connectivity index (χ1n) is 8.90. The molecule has 0 unspecified atom stereocenters. The van der Waals surface area contributed by atoms with Crippen molar-refractivity contribution in [2.45, 2.75) is 0 Å². The lowest BCUT2D eigenvalue weighted by molar-refractivity contribution is -0.111. The van der Waals surface area contributed by atoms with E-state index in [-0.39, 0.29) is 5.91 Å². The van der Waals surface area contributed by atoms with Crippen LogP contribution in [0.1, 0.15) is 5.56 Å². The van der Waals surface area contributed by atoms with Crippen LogP contribution in [0, 0.1) is 0 Å². The Hall–Kier alpha value is -3.86. The van der Waals surface area contributed by atoms with E-state index in [1.807, 2.05) is 83.4 Å². The molecule has 1 N–H and O–H groups in total. The van der Waals surface area contributed by atoms with Crippen molar-refractivity contribution in [2.75, 3.05) is 12.4 Å². The number of amides is 1. The van der Waals surface area contributed by atoms with Crippen LogP contribution < -0.4 is 10.1 Å². The number of nitrogens with zero attached hydrogens (tertiary/aromatic N) is 2. The summed E-state index contributed by atoms with van der Waals surface area (Å²) in [6, 6.07) is 23.0. The van der Waals surface area contributed by atoms with Crippen molar-refractivity contribution in [3.63, 3.8) is 0 Å². The average Bonchev–Trinajstić information content (AvgIpc) is 3.11. The molecule has 0 saturated carbocycles. The van der Waals surface area contributed by atoms with Crippen LogP contribution >= 0.6 is 0 Å². The Kier molecular flexibility index (Phi) is 4.89. The summed E-state index contributed by atoms with van der Waals surface area (Å²) in [6.07, 6.45) is 5.19. The summed E-state index contributed by atoms with van der Waals surface area (Å²) in [5.74, 6) is 1.18. The Bertz CT molecular complexity index is 1130. The molecule has 1 amide bonds. The Morgan fingerprint density at radius 1 is 1.00 bits per heavy atom. The molecule has 0 fully saturated rings. The van der Waals surface area contributed by atoms with Crippen LogP contribution in [0.4, 0.5) is 5.82 Å². The molecule has 0 aliphatic rings. The third kappa shape index (κ3) is 3.64. The minimum Gasteiger partial charge on any atom is -0.497 e. The maximum absolute atomic E-state index is 12.6. The van der Waals surface area contributed by atoms with E-state index in [2.05, 4.69) is 5.32 Å². The molecule has 138 valence electrons. The second-order valence-electron chi connectivity index (χ2n) is 6.20. The first-order valence-corrected chi connectivity index (χ1v) is 8.90. The highest BCUT2D eigenvalue weighted by Crippen LogP contribution is 2.30. The summed E-state index contributed by atoms with van der Waals surface area (Å²) in [4.78, 5) is 17.2. The predicted molar refractivity (Wildman–Crippen MR) is 111 cm³/mol. The van der Waals surface area contributed by atoms with Crippen LogP contribution in [0.3, 0.4) is 0 Å². The van der Waals surface area contributed by atoms with Crippen LogP contribution in [0.5, 0.6) is 5.75 Å². The van der Waals surface area contributed by atoms with E-state index in [0.29, 0.717) is 11.5 Å². The van der Waals surface area contributed by atoms with Gasteiger partial charge in [-0.2, -0.15) is 0 Å². The highest BCUT2D eigenvalue weighted by atomic mass is 16.5. The summed E-state index contributed by atoms with van der Waals surface area (Å²) >= 11 is 0. The Morgan fingerprint density at radius 2 is 1.75 bits per heavy atom. The SMILES string of the molecule is COc1ccc(-c2nc3ccccn3c2NC(=O)/C=C/c2ccccc2)cc1. The second kappa shape index (κ2) is 7.80. The molecule has 2 aromatic heterocycles. The minimum absolute atomic E-state index is 0.218. The van der Waals surface area contributed by atoms with Gasteiger partial charge in [0.25, 0.3) is 0 Å². The number of hydrogen-bond acceptors (Lipinski definition) is 3. The lowest BCUT2D eigenvalue weighted by Crippen LogP contribution is -2.10. The number of nitrogens with one attached hydrogen (secondary N) is 1. The number of carbonyl (C=O) groups is 1. The van der Waals surface area contributed by atoms with Crippen molar-refractivity contribution in [3.05, 3.63) is 90.6 Å². The fourth-order valence-corrected chi connectivity index (χ4v) is 2.96. The first-order chi connectivity index (χ1) is 13.7. The molecule has 0 saturated heterocycles. The topological polar surface area (TPSA) is 55.6 Å². The highest BCUT2D eigenvalue weighted by molar-refractivity contribution is 6.03. The van der Waals surface area contributed by atoms with Gasteiger partial charge in [0, 0.05) is 17.8 Å². The van der Waals surface area contributed by atoms with E-state index in [1.165, 1.54) is 6.08 Å². The molecule has 0 spiro atoms. The monoisotopic (exact) mass is 369 g/mol. The second-order valence-corrected chi connectivity index (χ2v) is 6.20. The molecule has 0 bridgehead atoms. The number of hydrogen-bond donors (Lipinski definition) is 1. The lowest BCUT2D eigenvalue weighted by Gasteiger charge is -2.06. The molecular weight excluding hydrogens is 350 g/mol. The Morgan fingerprint density at radius 3 is 2.50 bits per heavy atom. The fraction of sp³-hybridized carbons (Fsp3) is 0.0435. The van der Waals surface area contributed by atoms with Gasteiger partial charge in [0.15, 0.2) is 0 Å². The number of rotatable bonds is 5. The molecule has 28 heavy (non-hydrogen) atoms. The smallest absolute Gasteiger partial charge is 0.249 e. The van der Waals surface area contributed by atoms with Crippen molar-refractivity contribution in [2.24, 2.45) is 0 Å². The summed E-state index contributed by atoms with van der Waals surface area (Å²) in [5.41, 5.74) is 3.32. The zero-order valence-electron chi connectivity index (χ0n) is 15.4. The number of aromatic nitrogens is 2. The third-order valence-corrected chi connectivity index (χ3v) is 4.36.